The Morgan fingerprint density at radius 3 is 2.57 bits per heavy atom. The SMILES string of the molecule is CCC(N)C(OCc1ccccc1Br)c1cccc(C)c1. The van der Waals surface area contributed by atoms with Crippen LogP contribution >= 0.6 is 15.9 Å². The van der Waals surface area contributed by atoms with Gasteiger partial charge in [0.15, 0.2) is 0 Å². The molecule has 2 unspecified atom stereocenters. The number of aryl methyl sites for hydroxylation is 1. The smallest absolute Gasteiger partial charge is 0.0980 e. The Hall–Kier alpha value is -1.16. The van der Waals surface area contributed by atoms with E-state index in [1.54, 1.807) is 0 Å². The molecule has 0 aromatic heterocycles. The second kappa shape index (κ2) is 7.74. The average molecular weight is 348 g/mol. The number of benzene rings is 2. The Labute approximate surface area is 135 Å². The van der Waals surface area contributed by atoms with E-state index < -0.39 is 0 Å². The summed E-state index contributed by atoms with van der Waals surface area (Å²) in [6.45, 7) is 4.73. The van der Waals surface area contributed by atoms with Crippen molar-refractivity contribution in [3.8, 4) is 0 Å². The summed E-state index contributed by atoms with van der Waals surface area (Å²) in [6, 6.07) is 16.5. The third-order valence-electron chi connectivity index (χ3n) is 3.61. The Balaban J connectivity index is 2.16. The van der Waals surface area contributed by atoms with E-state index in [-0.39, 0.29) is 12.1 Å². The van der Waals surface area contributed by atoms with Crippen molar-refractivity contribution in [1.29, 1.82) is 0 Å². The number of ether oxygens (including phenoxy) is 1. The second-order valence-corrected chi connectivity index (χ2v) is 6.16. The molecular formula is C18H22BrNO. The highest BCUT2D eigenvalue weighted by atomic mass is 79.9. The van der Waals surface area contributed by atoms with Crippen molar-refractivity contribution in [2.75, 3.05) is 0 Å². The van der Waals surface area contributed by atoms with Gasteiger partial charge >= 0.3 is 0 Å². The van der Waals surface area contributed by atoms with Crippen molar-refractivity contribution in [3.63, 3.8) is 0 Å². The van der Waals surface area contributed by atoms with Gasteiger partial charge < -0.3 is 10.5 Å². The van der Waals surface area contributed by atoms with Crippen molar-refractivity contribution in [2.45, 2.75) is 39.0 Å². The van der Waals surface area contributed by atoms with Gasteiger partial charge in [-0.2, -0.15) is 0 Å². The summed E-state index contributed by atoms with van der Waals surface area (Å²) in [5.41, 5.74) is 9.78. The van der Waals surface area contributed by atoms with E-state index in [1.807, 2.05) is 18.2 Å². The molecule has 0 fully saturated rings. The Bertz CT molecular complexity index is 585. The monoisotopic (exact) mass is 347 g/mol. The molecular weight excluding hydrogens is 326 g/mol. The predicted molar refractivity (Wildman–Crippen MR) is 91.1 cm³/mol. The van der Waals surface area contributed by atoms with E-state index in [1.165, 1.54) is 5.56 Å². The zero-order chi connectivity index (χ0) is 15.2. The summed E-state index contributed by atoms with van der Waals surface area (Å²) in [6.07, 6.45) is 0.802. The van der Waals surface area contributed by atoms with Crippen LogP contribution in [0.2, 0.25) is 0 Å². The number of rotatable bonds is 6. The van der Waals surface area contributed by atoms with Gasteiger partial charge in [-0.25, -0.2) is 0 Å². The highest BCUT2D eigenvalue weighted by Gasteiger charge is 2.19. The summed E-state index contributed by atoms with van der Waals surface area (Å²) < 4.78 is 7.22. The summed E-state index contributed by atoms with van der Waals surface area (Å²) in [7, 11) is 0. The molecule has 0 amide bonds. The third kappa shape index (κ3) is 4.40. The molecule has 2 nitrogen and oxygen atoms in total. The van der Waals surface area contributed by atoms with Crippen LogP contribution in [0.4, 0.5) is 0 Å². The summed E-state index contributed by atoms with van der Waals surface area (Å²) in [5, 5.41) is 0. The molecule has 2 N–H and O–H groups in total. The number of nitrogens with two attached hydrogens (primary N) is 1. The highest BCUT2D eigenvalue weighted by Crippen LogP contribution is 2.26. The van der Waals surface area contributed by atoms with Crippen molar-refractivity contribution in [2.24, 2.45) is 5.73 Å². The van der Waals surface area contributed by atoms with Crippen LogP contribution in [0.3, 0.4) is 0 Å². The fraction of sp³-hybridized carbons (Fsp3) is 0.333. The Kier molecular flexibility index (Phi) is 5.97. The topological polar surface area (TPSA) is 35.2 Å². The normalized spacial score (nSPS) is 13.9. The summed E-state index contributed by atoms with van der Waals surface area (Å²) >= 11 is 3.56. The second-order valence-electron chi connectivity index (χ2n) is 5.31. The van der Waals surface area contributed by atoms with Gasteiger partial charge in [-0.3, -0.25) is 0 Å². The third-order valence-corrected chi connectivity index (χ3v) is 4.38. The lowest BCUT2D eigenvalue weighted by atomic mass is 9.99. The van der Waals surface area contributed by atoms with Crippen molar-refractivity contribution >= 4 is 15.9 Å². The molecule has 3 heteroatoms. The molecule has 21 heavy (non-hydrogen) atoms. The maximum absolute atomic E-state index is 6.26. The molecule has 0 bridgehead atoms. The standard InChI is InChI=1S/C18H22BrNO/c1-3-17(20)18(14-9-6-7-13(2)11-14)21-12-15-8-4-5-10-16(15)19/h4-11,17-18H,3,12,20H2,1-2H3. The number of halogens is 1. The Morgan fingerprint density at radius 1 is 1.14 bits per heavy atom. The van der Waals surface area contributed by atoms with Gasteiger partial charge in [0.1, 0.15) is 0 Å². The van der Waals surface area contributed by atoms with E-state index in [0.717, 1.165) is 22.0 Å². The van der Waals surface area contributed by atoms with Crippen molar-refractivity contribution in [1.82, 2.24) is 0 Å². The zero-order valence-corrected chi connectivity index (χ0v) is 14.1. The minimum absolute atomic E-state index is 0.00529. The van der Waals surface area contributed by atoms with Gasteiger partial charge in [0, 0.05) is 10.5 Å². The molecule has 0 spiro atoms. The van der Waals surface area contributed by atoms with Crippen LogP contribution in [0.25, 0.3) is 0 Å². The number of hydrogen-bond acceptors (Lipinski definition) is 2. The minimum Gasteiger partial charge on any atom is -0.367 e. The molecule has 112 valence electrons. The van der Waals surface area contributed by atoms with Gasteiger partial charge in [0.2, 0.25) is 0 Å². The lowest BCUT2D eigenvalue weighted by Crippen LogP contribution is -2.29. The van der Waals surface area contributed by atoms with Crippen LogP contribution in [-0.2, 0) is 11.3 Å². The number of hydrogen-bond donors (Lipinski definition) is 1. The van der Waals surface area contributed by atoms with Crippen LogP contribution < -0.4 is 5.73 Å². The summed E-state index contributed by atoms with van der Waals surface area (Å²) in [5.74, 6) is 0. The first-order valence-electron chi connectivity index (χ1n) is 7.29. The van der Waals surface area contributed by atoms with Gasteiger partial charge in [-0.15, -0.1) is 0 Å². The molecule has 0 heterocycles. The molecule has 0 saturated heterocycles. The first-order valence-corrected chi connectivity index (χ1v) is 8.08. The lowest BCUT2D eigenvalue weighted by Gasteiger charge is -2.24. The van der Waals surface area contributed by atoms with Gasteiger partial charge in [0.25, 0.3) is 0 Å². The maximum atomic E-state index is 6.26. The van der Waals surface area contributed by atoms with Gasteiger partial charge in [0.05, 0.1) is 12.7 Å². The quantitative estimate of drug-likeness (QED) is 0.817. The van der Waals surface area contributed by atoms with E-state index in [9.17, 15) is 0 Å². The van der Waals surface area contributed by atoms with E-state index in [0.29, 0.717) is 6.61 Å². The molecule has 0 aliphatic carbocycles. The highest BCUT2D eigenvalue weighted by molar-refractivity contribution is 9.10. The fourth-order valence-corrected chi connectivity index (χ4v) is 2.72. The van der Waals surface area contributed by atoms with Crippen LogP contribution in [0, 0.1) is 6.92 Å². The van der Waals surface area contributed by atoms with Crippen LogP contribution in [0.15, 0.2) is 53.0 Å². The lowest BCUT2D eigenvalue weighted by molar-refractivity contribution is 0.0209. The predicted octanol–water partition coefficient (Wildman–Crippen LogP) is 4.75. The molecule has 2 aromatic carbocycles. The van der Waals surface area contributed by atoms with Crippen molar-refractivity contribution in [3.05, 3.63) is 69.7 Å². The Morgan fingerprint density at radius 2 is 1.90 bits per heavy atom. The molecule has 2 atom stereocenters. The zero-order valence-electron chi connectivity index (χ0n) is 12.6. The van der Waals surface area contributed by atoms with Gasteiger partial charge in [-0.05, 0) is 30.5 Å². The van der Waals surface area contributed by atoms with Crippen LogP contribution in [0.1, 0.15) is 36.1 Å². The molecule has 2 rings (SSSR count). The van der Waals surface area contributed by atoms with Gasteiger partial charge in [-0.1, -0.05) is 70.9 Å². The van der Waals surface area contributed by atoms with E-state index in [4.69, 9.17) is 10.5 Å². The molecule has 0 aliphatic rings. The van der Waals surface area contributed by atoms with E-state index >= 15 is 0 Å². The molecule has 0 aliphatic heterocycles. The molecule has 2 aromatic rings. The molecule has 0 saturated carbocycles. The largest absolute Gasteiger partial charge is 0.367 e. The minimum atomic E-state index is -0.0815. The maximum Gasteiger partial charge on any atom is 0.0980 e. The summed E-state index contributed by atoms with van der Waals surface area (Å²) in [4.78, 5) is 0. The molecule has 0 radical (unpaired) electrons. The average Bonchev–Trinajstić information content (AvgIpc) is 2.49. The van der Waals surface area contributed by atoms with E-state index in [2.05, 4.69) is 60.1 Å². The first kappa shape index (κ1) is 16.2. The van der Waals surface area contributed by atoms with Crippen LogP contribution in [-0.4, -0.2) is 6.04 Å². The van der Waals surface area contributed by atoms with Crippen LogP contribution in [0.5, 0.6) is 0 Å². The fourth-order valence-electron chi connectivity index (χ4n) is 2.32. The van der Waals surface area contributed by atoms with Crippen molar-refractivity contribution < 1.29 is 4.74 Å². The first-order chi connectivity index (χ1) is 10.1.